The van der Waals surface area contributed by atoms with Gasteiger partial charge in [-0.2, -0.15) is 0 Å². The van der Waals surface area contributed by atoms with Crippen LogP contribution in [0.2, 0.25) is 0 Å². The van der Waals surface area contributed by atoms with Crippen molar-refractivity contribution in [2.24, 2.45) is 0 Å². The summed E-state index contributed by atoms with van der Waals surface area (Å²) in [4.78, 5) is 2.58. The van der Waals surface area contributed by atoms with Crippen molar-refractivity contribution in [1.82, 2.24) is 0 Å². The lowest BCUT2D eigenvalue weighted by molar-refractivity contribution is 0.435. The molecule has 62 heavy (non-hydrogen) atoms. The summed E-state index contributed by atoms with van der Waals surface area (Å²) in [5, 5.41) is 0. The van der Waals surface area contributed by atoms with Crippen LogP contribution in [0, 0.1) is 0 Å². The second-order valence-corrected chi connectivity index (χ2v) is 19.8. The van der Waals surface area contributed by atoms with Crippen LogP contribution in [0.25, 0.3) is 33.4 Å². The van der Waals surface area contributed by atoms with Crippen LogP contribution in [-0.2, 0) is 5.41 Å². The fourth-order valence-electron chi connectivity index (χ4n) is 12.8. The van der Waals surface area contributed by atoms with Crippen molar-refractivity contribution < 1.29 is 0 Å². The maximum absolute atomic E-state index is 2.63. The van der Waals surface area contributed by atoms with Crippen molar-refractivity contribution in [3.63, 3.8) is 0 Å². The summed E-state index contributed by atoms with van der Waals surface area (Å²) in [6.07, 6.45) is 25.0. The maximum Gasteiger partial charge on any atom is 0.0467 e. The molecule has 4 aliphatic carbocycles. The first kappa shape index (κ1) is 41.1. The lowest BCUT2D eigenvalue weighted by Crippen LogP contribution is -2.25. The molecule has 0 heterocycles. The molecule has 0 bridgehead atoms. The minimum absolute atomic E-state index is 0.0362. The Balaban J connectivity index is 1.07. The molecule has 0 aliphatic heterocycles. The van der Waals surface area contributed by atoms with E-state index in [1.807, 2.05) is 0 Å². The van der Waals surface area contributed by atoms with Gasteiger partial charge < -0.3 is 4.90 Å². The Morgan fingerprint density at radius 2 is 0.887 bits per heavy atom. The van der Waals surface area contributed by atoms with E-state index in [0.29, 0.717) is 17.8 Å². The third kappa shape index (κ3) is 8.11. The van der Waals surface area contributed by atoms with E-state index < -0.39 is 0 Å². The van der Waals surface area contributed by atoms with Crippen molar-refractivity contribution in [3.8, 4) is 33.4 Å². The zero-order valence-corrected chi connectivity index (χ0v) is 37.8. The molecule has 0 saturated heterocycles. The Bertz CT molecular complexity index is 2430. The first-order chi connectivity index (χ1) is 30.6. The fourth-order valence-corrected chi connectivity index (χ4v) is 12.8. The number of hydrogen-bond donors (Lipinski definition) is 0. The van der Waals surface area contributed by atoms with E-state index in [2.05, 4.69) is 152 Å². The van der Waals surface area contributed by atoms with E-state index >= 15 is 0 Å². The topological polar surface area (TPSA) is 3.24 Å². The molecule has 0 aromatic heterocycles. The van der Waals surface area contributed by atoms with E-state index in [1.165, 1.54) is 189 Å². The predicted molar refractivity (Wildman–Crippen MR) is 266 cm³/mol. The number of hydrogen-bond acceptors (Lipinski definition) is 1. The molecule has 0 N–H and O–H groups in total. The van der Waals surface area contributed by atoms with Crippen LogP contribution in [0.3, 0.4) is 0 Å². The molecular formula is C61H69N. The predicted octanol–water partition coefficient (Wildman–Crippen LogP) is 18.5. The minimum Gasteiger partial charge on any atom is -0.310 e. The lowest BCUT2D eigenvalue weighted by atomic mass is 9.71. The smallest absolute Gasteiger partial charge is 0.0467 e. The van der Waals surface area contributed by atoms with Gasteiger partial charge in [0.05, 0.1) is 0 Å². The Morgan fingerprint density at radius 3 is 1.52 bits per heavy atom. The van der Waals surface area contributed by atoms with Gasteiger partial charge in [-0.3, -0.25) is 0 Å². The zero-order chi connectivity index (χ0) is 41.9. The summed E-state index contributed by atoms with van der Waals surface area (Å²) in [5.74, 6) is 2.05. The summed E-state index contributed by atoms with van der Waals surface area (Å²) in [6, 6.07) is 53.0. The molecule has 0 spiro atoms. The van der Waals surface area contributed by atoms with Crippen molar-refractivity contribution >= 4 is 17.1 Å². The van der Waals surface area contributed by atoms with Gasteiger partial charge >= 0.3 is 0 Å². The Hall–Kier alpha value is -4.88. The first-order valence-corrected chi connectivity index (χ1v) is 25.1. The van der Waals surface area contributed by atoms with Gasteiger partial charge in [0.1, 0.15) is 0 Å². The van der Waals surface area contributed by atoms with E-state index in [9.17, 15) is 0 Å². The highest BCUT2D eigenvalue weighted by atomic mass is 15.1. The highest BCUT2D eigenvalue weighted by Gasteiger charge is 2.42. The summed E-state index contributed by atoms with van der Waals surface area (Å²) in [7, 11) is 0. The highest BCUT2D eigenvalue weighted by Crippen LogP contribution is 2.55. The molecule has 1 heteroatoms. The average molecular weight is 816 g/mol. The van der Waals surface area contributed by atoms with Gasteiger partial charge in [-0.1, -0.05) is 175 Å². The number of fused-ring (bicyclic) bond motifs is 3. The molecule has 3 saturated carbocycles. The normalized spacial score (nSPS) is 18.0. The molecule has 3 fully saturated rings. The molecule has 0 unspecified atom stereocenters. The van der Waals surface area contributed by atoms with Crippen LogP contribution < -0.4 is 4.90 Å². The van der Waals surface area contributed by atoms with Crippen LogP contribution in [0.15, 0.2) is 133 Å². The molecule has 6 aromatic carbocycles. The van der Waals surface area contributed by atoms with E-state index in [0.717, 1.165) is 0 Å². The van der Waals surface area contributed by atoms with E-state index in [-0.39, 0.29) is 5.41 Å². The average Bonchev–Trinajstić information content (AvgIpc) is 3.61. The molecule has 4 aliphatic rings. The third-order valence-electron chi connectivity index (χ3n) is 15.8. The van der Waals surface area contributed by atoms with Crippen molar-refractivity contribution in [1.29, 1.82) is 0 Å². The van der Waals surface area contributed by atoms with Gasteiger partial charge in [-0.15, -0.1) is 0 Å². The van der Waals surface area contributed by atoms with E-state index in [1.54, 1.807) is 11.1 Å². The first-order valence-electron chi connectivity index (χ1n) is 25.1. The quantitative estimate of drug-likeness (QED) is 0.119. The van der Waals surface area contributed by atoms with Gasteiger partial charge in [0.2, 0.25) is 0 Å². The fraction of sp³-hybridized carbons (Fsp3) is 0.410. The zero-order valence-electron chi connectivity index (χ0n) is 37.8. The standard InChI is InChI=1S/C61H69N/c1-3-35-61(36-4-2)59-32-15-14-31-57(59)58-34-33-56(43-60(58)61)62(54-29-17-27-49(41-54)44-19-8-5-9-20-44)55-30-18-28-50(42-55)47-25-16-26-48(37-47)53-39-51(45-21-10-6-11-22-45)38-52(40-53)46-23-12-7-13-24-46/h14-18,25-34,37-46H,3-13,19-24,35-36H2,1-2H3. The van der Waals surface area contributed by atoms with Crippen molar-refractivity contribution in [2.45, 2.75) is 159 Å². The molecular weight excluding hydrogens is 747 g/mol. The molecule has 0 amide bonds. The Morgan fingerprint density at radius 1 is 0.387 bits per heavy atom. The van der Waals surface area contributed by atoms with Gasteiger partial charge in [0.25, 0.3) is 0 Å². The number of anilines is 3. The highest BCUT2D eigenvalue weighted by molar-refractivity contribution is 5.87. The Kier molecular flexibility index (Phi) is 12.2. The minimum atomic E-state index is 0.0362. The summed E-state index contributed by atoms with van der Waals surface area (Å²) >= 11 is 0. The SMILES string of the molecule is CCCC1(CCC)c2ccccc2-c2ccc(N(c3cccc(-c4cccc(-c5cc(C6CCCCC6)cc(C6CCCCC6)c5)c4)c3)c3cccc(C4CCCCC4)c3)cc21. The van der Waals surface area contributed by atoms with Crippen LogP contribution in [0.1, 0.15) is 181 Å². The monoisotopic (exact) mass is 816 g/mol. The van der Waals surface area contributed by atoms with Crippen molar-refractivity contribution in [2.75, 3.05) is 4.90 Å². The summed E-state index contributed by atoms with van der Waals surface area (Å²) in [6.45, 7) is 4.74. The second kappa shape index (κ2) is 18.5. The number of benzene rings is 6. The van der Waals surface area contributed by atoms with Crippen LogP contribution in [0.5, 0.6) is 0 Å². The molecule has 10 rings (SSSR count). The molecule has 0 atom stereocenters. The van der Waals surface area contributed by atoms with Crippen LogP contribution in [-0.4, -0.2) is 0 Å². The lowest BCUT2D eigenvalue weighted by Gasteiger charge is -2.33. The largest absolute Gasteiger partial charge is 0.310 e. The van der Waals surface area contributed by atoms with Gasteiger partial charge in [0.15, 0.2) is 0 Å². The molecule has 0 radical (unpaired) electrons. The molecule has 318 valence electrons. The second-order valence-electron chi connectivity index (χ2n) is 19.8. The van der Waals surface area contributed by atoms with Gasteiger partial charge in [-0.05, 0) is 173 Å². The number of nitrogens with zero attached hydrogens (tertiary/aromatic N) is 1. The third-order valence-corrected chi connectivity index (χ3v) is 15.8. The number of rotatable bonds is 12. The maximum atomic E-state index is 2.63. The summed E-state index contributed by atoms with van der Waals surface area (Å²) in [5.41, 5.74) is 19.7. The van der Waals surface area contributed by atoms with Gasteiger partial charge in [-0.25, -0.2) is 0 Å². The van der Waals surface area contributed by atoms with Crippen molar-refractivity contribution in [3.05, 3.63) is 161 Å². The molecule has 6 aromatic rings. The molecule has 1 nitrogen and oxygen atoms in total. The van der Waals surface area contributed by atoms with Crippen LogP contribution in [0.4, 0.5) is 17.1 Å². The van der Waals surface area contributed by atoms with Crippen LogP contribution >= 0.6 is 0 Å². The van der Waals surface area contributed by atoms with E-state index in [4.69, 9.17) is 0 Å². The van der Waals surface area contributed by atoms with Gasteiger partial charge in [0, 0.05) is 22.5 Å². The Labute approximate surface area is 374 Å². The summed E-state index contributed by atoms with van der Waals surface area (Å²) < 4.78 is 0.